The summed E-state index contributed by atoms with van der Waals surface area (Å²) in [6.45, 7) is 5.81. The molecule has 0 aliphatic rings. The molecule has 1 aromatic heterocycles. The van der Waals surface area contributed by atoms with Gasteiger partial charge in [-0.05, 0) is 57.2 Å². The number of rotatable bonds is 7. The number of amides is 1. The minimum Gasteiger partial charge on any atom is -0.487 e. The summed E-state index contributed by atoms with van der Waals surface area (Å²) in [5.74, 6) is -0.337. The van der Waals surface area contributed by atoms with E-state index in [1.54, 1.807) is 47.7 Å². The van der Waals surface area contributed by atoms with E-state index in [2.05, 4.69) is 10.3 Å². The Labute approximate surface area is 173 Å². The molecule has 3 aromatic rings. The van der Waals surface area contributed by atoms with Crippen LogP contribution in [0.4, 0.5) is 5.69 Å². The number of nitrogens with zero attached hydrogens (tertiary/aromatic N) is 1. The number of ether oxygens (including phenoxy) is 2. The second-order valence-corrected chi connectivity index (χ2v) is 7.64. The third kappa shape index (κ3) is 5.89. The molecule has 0 radical (unpaired) electrons. The van der Waals surface area contributed by atoms with Crippen LogP contribution in [0, 0.1) is 13.8 Å². The van der Waals surface area contributed by atoms with Crippen LogP contribution in [-0.4, -0.2) is 23.0 Å². The SMILES string of the molecule is Cc1ccc(NC(=O)[C@@H](C)OC(=O)c2ccc(OCc3csc(C)n3)cc2)cc1. The summed E-state index contributed by atoms with van der Waals surface area (Å²) in [6.07, 6.45) is -0.923. The summed E-state index contributed by atoms with van der Waals surface area (Å²) >= 11 is 1.57. The number of nitrogens with one attached hydrogen (secondary N) is 1. The Balaban J connectivity index is 1.51. The monoisotopic (exact) mass is 410 g/mol. The van der Waals surface area contributed by atoms with Crippen LogP contribution in [-0.2, 0) is 16.1 Å². The van der Waals surface area contributed by atoms with Crippen LogP contribution in [0.15, 0.2) is 53.9 Å². The highest BCUT2D eigenvalue weighted by Gasteiger charge is 2.19. The van der Waals surface area contributed by atoms with Crippen LogP contribution in [0.2, 0.25) is 0 Å². The molecule has 0 aliphatic carbocycles. The van der Waals surface area contributed by atoms with E-state index < -0.39 is 12.1 Å². The van der Waals surface area contributed by atoms with Gasteiger partial charge in [0.25, 0.3) is 5.91 Å². The largest absolute Gasteiger partial charge is 0.487 e. The molecule has 0 saturated heterocycles. The first-order valence-electron chi connectivity index (χ1n) is 9.13. The van der Waals surface area contributed by atoms with Gasteiger partial charge in [0.15, 0.2) is 6.10 Å². The lowest BCUT2D eigenvalue weighted by Crippen LogP contribution is -2.30. The highest BCUT2D eigenvalue weighted by atomic mass is 32.1. The van der Waals surface area contributed by atoms with Gasteiger partial charge in [0.1, 0.15) is 12.4 Å². The van der Waals surface area contributed by atoms with Crippen LogP contribution < -0.4 is 10.1 Å². The van der Waals surface area contributed by atoms with Crippen molar-refractivity contribution in [2.75, 3.05) is 5.32 Å². The minimum atomic E-state index is -0.923. The molecule has 0 saturated carbocycles. The molecule has 0 aliphatic heterocycles. The van der Waals surface area contributed by atoms with Crippen molar-refractivity contribution < 1.29 is 19.1 Å². The zero-order valence-corrected chi connectivity index (χ0v) is 17.3. The number of benzene rings is 2. The van der Waals surface area contributed by atoms with Gasteiger partial charge in [-0.2, -0.15) is 0 Å². The van der Waals surface area contributed by atoms with Crippen molar-refractivity contribution >= 4 is 28.9 Å². The molecule has 0 spiro atoms. The van der Waals surface area contributed by atoms with Crippen molar-refractivity contribution in [1.82, 2.24) is 4.98 Å². The van der Waals surface area contributed by atoms with Gasteiger partial charge in [-0.1, -0.05) is 17.7 Å². The highest BCUT2D eigenvalue weighted by Crippen LogP contribution is 2.17. The average Bonchev–Trinajstić information content (AvgIpc) is 3.13. The molecule has 0 unspecified atom stereocenters. The first-order chi connectivity index (χ1) is 13.9. The summed E-state index contributed by atoms with van der Waals surface area (Å²) < 4.78 is 10.9. The summed E-state index contributed by atoms with van der Waals surface area (Å²) in [5, 5.41) is 5.66. The topological polar surface area (TPSA) is 77.5 Å². The molecule has 1 heterocycles. The van der Waals surface area contributed by atoms with E-state index in [-0.39, 0.29) is 5.91 Å². The molecule has 0 bridgehead atoms. The normalized spacial score (nSPS) is 11.6. The number of carbonyl (C=O) groups is 2. The van der Waals surface area contributed by atoms with Crippen LogP contribution in [0.25, 0.3) is 0 Å². The lowest BCUT2D eigenvalue weighted by molar-refractivity contribution is -0.123. The number of anilines is 1. The number of aryl methyl sites for hydroxylation is 2. The Kier molecular flexibility index (Phi) is 6.61. The van der Waals surface area contributed by atoms with E-state index in [0.717, 1.165) is 16.3 Å². The first kappa shape index (κ1) is 20.5. The number of esters is 1. The lowest BCUT2D eigenvalue weighted by Gasteiger charge is -2.14. The number of carbonyl (C=O) groups excluding carboxylic acids is 2. The van der Waals surface area contributed by atoms with Gasteiger partial charge >= 0.3 is 5.97 Å². The van der Waals surface area contributed by atoms with Crippen molar-refractivity contribution in [2.24, 2.45) is 0 Å². The van der Waals surface area contributed by atoms with Crippen LogP contribution in [0.5, 0.6) is 5.75 Å². The van der Waals surface area contributed by atoms with Crippen molar-refractivity contribution in [3.63, 3.8) is 0 Å². The predicted molar refractivity (Wildman–Crippen MR) is 112 cm³/mol. The predicted octanol–water partition coefficient (Wildman–Crippen LogP) is 4.52. The van der Waals surface area contributed by atoms with E-state index in [4.69, 9.17) is 9.47 Å². The second kappa shape index (κ2) is 9.34. The lowest BCUT2D eigenvalue weighted by atomic mass is 10.2. The van der Waals surface area contributed by atoms with Crippen LogP contribution in [0.1, 0.15) is 33.5 Å². The quantitative estimate of drug-likeness (QED) is 0.580. The molecular formula is C22H22N2O4S. The third-order valence-electron chi connectivity index (χ3n) is 4.12. The number of hydrogen-bond donors (Lipinski definition) is 1. The molecule has 1 atom stereocenters. The molecule has 7 heteroatoms. The third-order valence-corrected chi connectivity index (χ3v) is 4.94. The Morgan fingerprint density at radius 3 is 2.38 bits per heavy atom. The zero-order chi connectivity index (χ0) is 20.8. The Morgan fingerprint density at radius 1 is 1.07 bits per heavy atom. The molecule has 3 rings (SSSR count). The fraction of sp³-hybridized carbons (Fsp3) is 0.227. The van der Waals surface area contributed by atoms with E-state index >= 15 is 0 Å². The van der Waals surface area contributed by atoms with Gasteiger partial charge in [-0.15, -0.1) is 11.3 Å². The van der Waals surface area contributed by atoms with Gasteiger partial charge in [0, 0.05) is 11.1 Å². The molecule has 150 valence electrons. The van der Waals surface area contributed by atoms with Crippen molar-refractivity contribution in [3.05, 3.63) is 75.7 Å². The van der Waals surface area contributed by atoms with Crippen molar-refractivity contribution in [3.8, 4) is 5.75 Å². The highest BCUT2D eigenvalue weighted by molar-refractivity contribution is 7.09. The summed E-state index contributed by atoms with van der Waals surface area (Å²) in [6, 6.07) is 14.0. The van der Waals surface area contributed by atoms with E-state index in [1.165, 1.54) is 6.92 Å². The fourth-order valence-corrected chi connectivity index (χ4v) is 3.08. The van der Waals surface area contributed by atoms with Gasteiger partial charge in [0.05, 0.1) is 16.3 Å². The maximum Gasteiger partial charge on any atom is 0.338 e. The Hall–Kier alpha value is -3.19. The average molecular weight is 410 g/mol. The van der Waals surface area contributed by atoms with E-state index in [1.807, 2.05) is 31.4 Å². The number of hydrogen-bond acceptors (Lipinski definition) is 6. The summed E-state index contributed by atoms with van der Waals surface area (Å²) in [4.78, 5) is 28.9. The van der Waals surface area contributed by atoms with Gasteiger partial charge < -0.3 is 14.8 Å². The Bertz CT molecular complexity index is 981. The maximum absolute atomic E-state index is 12.3. The van der Waals surface area contributed by atoms with Crippen molar-refractivity contribution in [1.29, 1.82) is 0 Å². The summed E-state index contributed by atoms with van der Waals surface area (Å²) in [5.41, 5.74) is 2.96. The molecule has 1 N–H and O–H groups in total. The molecule has 29 heavy (non-hydrogen) atoms. The smallest absolute Gasteiger partial charge is 0.338 e. The molecule has 1 amide bonds. The first-order valence-corrected chi connectivity index (χ1v) is 10.0. The molecule has 6 nitrogen and oxygen atoms in total. The number of thiazole rings is 1. The Morgan fingerprint density at radius 2 is 1.76 bits per heavy atom. The van der Waals surface area contributed by atoms with Gasteiger partial charge in [-0.3, -0.25) is 4.79 Å². The second-order valence-electron chi connectivity index (χ2n) is 6.57. The summed E-state index contributed by atoms with van der Waals surface area (Å²) in [7, 11) is 0. The molecule has 2 aromatic carbocycles. The van der Waals surface area contributed by atoms with Crippen molar-refractivity contribution in [2.45, 2.75) is 33.5 Å². The molecular weight excluding hydrogens is 388 g/mol. The van der Waals surface area contributed by atoms with E-state index in [9.17, 15) is 9.59 Å². The van der Waals surface area contributed by atoms with E-state index in [0.29, 0.717) is 23.6 Å². The fourth-order valence-electron chi connectivity index (χ4n) is 2.48. The number of aromatic nitrogens is 1. The van der Waals surface area contributed by atoms with Crippen LogP contribution in [0.3, 0.4) is 0 Å². The van der Waals surface area contributed by atoms with Gasteiger partial charge in [-0.25, -0.2) is 9.78 Å². The van der Waals surface area contributed by atoms with Crippen LogP contribution >= 0.6 is 11.3 Å². The minimum absolute atomic E-state index is 0.344. The maximum atomic E-state index is 12.3. The zero-order valence-electron chi connectivity index (χ0n) is 16.5. The van der Waals surface area contributed by atoms with Gasteiger partial charge in [0.2, 0.25) is 0 Å². The molecule has 0 fully saturated rings. The standard InChI is InChI=1S/C22H22N2O4S/c1-14-4-8-18(9-5-14)24-21(25)15(2)28-22(26)17-6-10-20(11-7-17)27-12-19-13-29-16(3)23-19/h4-11,13,15H,12H2,1-3H3,(H,24,25)/t15-/m1/s1.